The summed E-state index contributed by atoms with van der Waals surface area (Å²) in [5.74, 6) is 1.80. The van der Waals surface area contributed by atoms with Crippen LogP contribution in [-0.4, -0.2) is 24.1 Å². The monoisotopic (exact) mass is 805 g/mol. The summed E-state index contributed by atoms with van der Waals surface area (Å²) in [6.45, 7) is 0. The number of rotatable bonds is 6. The van der Waals surface area contributed by atoms with E-state index in [0.29, 0.717) is 17.5 Å². The Morgan fingerprint density at radius 1 is 0.317 bits per heavy atom. The first-order chi connectivity index (χ1) is 31.2. The van der Waals surface area contributed by atoms with E-state index in [0.717, 1.165) is 94.0 Å². The van der Waals surface area contributed by atoms with Crippen LogP contribution in [0.5, 0.6) is 0 Å². The third-order valence-corrected chi connectivity index (χ3v) is 12.4. The van der Waals surface area contributed by atoms with E-state index in [2.05, 4.69) is 173 Å². The predicted molar refractivity (Wildman–Crippen MR) is 258 cm³/mol. The molecule has 0 N–H and O–H groups in total. The molecule has 0 atom stereocenters. The number of furan rings is 1. The van der Waals surface area contributed by atoms with Gasteiger partial charge in [0.05, 0.1) is 22.1 Å². The Morgan fingerprint density at radius 3 is 1.59 bits per heavy atom. The van der Waals surface area contributed by atoms with E-state index in [1.54, 1.807) is 0 Å². The molecule has 294 valence electrons. The Balaban J connectivity index is 1.11. The molecule has 0 aliphatic carbocycles. The molecule has 0 aliphatic heterocycles. The molecule has 0 saturated heterocycles. The lowest BCUT2D eigenvalue weighted by molar-refractivity contribution is 0.671. The summed E-state index contributed by atoms with van der Waals surface area (Å²) in [5, 5.41) is 6.81. The van der Waals surface area contributed by atoms with Crippen LogP contribution >= 0.6 is 0 Å². The van der Waals surface area contributed by atoms with Gasteiger partial charge in [0, 0.05) is 60.4 Å². The van der Waals surface area contributed by atoms with Crippen LogP contribution in [0.1, 0.15) is 0 Å². The van der Waals surface area contributed by atoms with Crippen LogP contribution in [0.2, 0.25) is 0 Å². The number of fused-ring (bicyclic) bond motifs is 10. The van der Waals surface area contributed by atoms with Gasteiger partial charge in [0.2, 0.25) is 0 Å². The standard InChI is InChI=1S/C57H35N5O/c1-4-16-36(17-5-1)55-58-56(37-18-6-2-7-19-37)60-57(59-55)48-35-40(62-50-26-14-10-22-42(50)45-31-32-46-44-24-12-15-27-52(44)63-54(46)53(45)62)29-30-41(48)38-28-33-51-47(34-38)43-23-11-13-25-49(43)61(51)39-20-8-3-9-21-39/h1-35H. The number of para-hydroxylation sites is 4. The first-order valence-electron chi connectivity index (χ1n) is 21.2. The summed E-state index contributed by atoms with van der Waals surface area (Å²) >= 11 is 0. The second kappa shape index (κ2) is 14.0. The predicted octanol–water partition coefficient (Wildman–Crippen LogP) is 14.6. The van der Waals surface area contributed by atoms with Gasteiger partial charge in [-0.05, 0) is 71.8 Å². The zero-order valence-corrected chi connectivity index (χ0v) is 33.9. The van der Waals surface area contributed by atoms with Gasteiger partial charge in [0.15, 0.2) is 23.1 Å². The topological polar surface area (TPSA) is 61.7 Å². The van der Waals surface area contributed by atoms with Crippen LogP contribution in [-0.2, 0) is 0 Å². The van der Waals surface area contributed by atoms with Gasteiger partial charge in [-0.15, -0.1) is 0 Å². The molecule has 63 heavy (non-hydrogen) atoms. The maximum Gasteiger partial charge on any atom is 0.164 e. The van der Waals surface area contributed by atoms with Gasteiger partial charge >= 0.3 is 0 Å². The van der Waals surface area contributed by atoms with Crippen LogP contribution in [0.15, 0.2) is 217 Å². The molecular formula is C57H35N5O. The third kappa shape index (κ3) is 5.55. The highest BCUT2D eigenvalue weighted by Crippen LogP contribution is 2.43. The van der Waals surface area contributed by atoms with Gasteiger partial charge in [0.1, 0.15) is 5.58 Å². The summed E-state index contributed by atoms with van der Waals surface area (Å²) in [6, 6.07) is 74.4. The zero-order chi connectivity index (χ0) is 41.4. The molecule has 0 radical (unpaired) electrons. The van der Waals surface area contributed by atoms with Crippen molar-refractivity contribution in [3.63, 3.8) is 0 Å². The largest absolute Gasteiger partial charge is 0.454 e. The number of nitrogens with zero attached hydrogens (tertiary/aromatic N) is 5. The number of benzene rings is 9. The van der Waals surface area contributed by atoms with Crippen molar-refractivity contribution in [3.8, 4) is 56.7 Å². The lowest BCUT2D eigenvalue weighted by Gasteiger charge is -2.16. The lowest BCUT2D eigenvalue weighted by Crippen LogP contribution is -2.02. The second-order valence-corrected chi connectivity index (χ2v) is 16.0. The fraction of sp³-hybridized carbons (Fsp3) is 0. The summed E-state index contributed by atoms with van der Waals surface area (Å²) in [5.41, 5.74) is 13.0. The average molecular weight is 806 g/mol. The summed E-state index contributed by atoms with van der Waals surface area (Å²) < 4.78 is 11.4. The highest BCUT2D eigenvalue weighted by atomic mass is 16.3. The first kappa shape index (κ1) is 35.2. The van der Waals surface area contributed by atoms with Crippen molar-refractivity contribution >= 4 is 65.6 Å². The highest BCUT2D eigenvalue weighted by molar-refractivity contribution is 6.21. The molecule has 6 heteroatoms. The van der Waals surface area contributed by atoms with Crippen molar-refractivity contribution in [1.82, 2.24) is 24.1 Å². The maximum absolute atomic E-state index is 6.75. The summed E-state index contributed by atoms with van der Waals surface area (Å²) in [4.78, 5) is 15.7. The van der Waals surface area contributed by atoms with Crippen molar-refractivity contribution in [2.24, 2.45) is 0 Å². The fourth-order valence-corrected chi connectivity index (χ4v) is 9.53. The zero-order valence-electron chi connectivity index (χ0n) is 33.9. The van der Waals surface area contributed by atoms with Gasteiger partial charge in [-0.25, -0.2) is 15.0 Å². The maximum atomic E-state index is 6.75. The van der Waals surface area contributed by atoms with Crippen LogP contribution in [0.25, 0.3) is 122 Å². The van der Waals surface area contributed by atoms with E-state index in [1.165, 1.54) is 10.8 Å². The molecule has 0 saturated carbocycles. The summed E-state index contributed by atoms with van der Waals surface area (Å²) in [7, 11) is 0. The van der Waals surface area contributed by atoms with E-state index >= 15 is 0 Å². The SMILES string of the molecule is c1ccc(-c2nc(-c3ccccc3)nc(-c3cc(-n4c5ccccc5c5ccc6c7ccccc7oc6c54)ccc3-c3ccc4c(c3)c3ccccc3n4-c3ccccc3)n2)cc1. The minimum atomic E-state index is 0.584. The number of aromatic nitrogens is 5. The van der Waals surface area contributed by atoms with Crippen molar-refractivity contribution in [2.75, 3.05) is 0 Å². The molecule has 0 spiro atoms. The van der Waals surface area contributed by atoms with Gasteiger partial charge in [0.25, 0.3) is 0 Å². The average Bonchev–Trinajstić information content (AvgIpc) is 4.02. The van der Waals surface area contributed by atoms with Crippen LogP contribution in [0.3, 0.4) is 0 Å². The van der Waals surface area contributed by atoms with Gasteiger partial charge in [-0.1, -0.05) is 152 Å². The first-order valence-corrected chi connectivity index (χ1v) is 21.2. The molecule has 4 aromatic heterocycles. The number of hydrogen-bond donors (Lipinski definition) is 0. The molecule has 0 aliphatic rings. The molecule has 6 nitrogen and oxygen atoms in total. The fourth-order valence-electron chi connectivity index (χ4n) is 9.53. The van der Waals surface area contributed by atoms with Crippen molar-refractivity contribution in [3.05, 3.63) is 212 Å². The Bertz CT molecular complexity index is 3850. The Kier molecular flexibility index (Phi) is 7.80. The van der Waals surface area contributed by atoms with Gasteiger partial charge in [-0.3, -0.25) is 0 Å². The van der Waals surface area contributed by atoms with Crippen molar-refractivity contribution in [2.45, 2.75) is 0 Å². The lowest BCUT2D eigenvalue weighted by atomic mass is 9.96. The van der Waals surface area contributed by atoms with E-state index in [1.807, 2.05) is 48.5 Å². The Hall–Kier alpha value is -8.61. The van der Waals surface area contributed by atoms with E-state index < -0.39 is 0 Å². The Morgan fingerprint density at radius 2 is 0.873 bits per heavy atom. The molecule has 13 rings (SSSR count). The second-order valence-electron chi connectivity index (χ2n) is 16.0. The van der Waals surface area contributed by atoms with E-state index in [9.17, 15) is 0 Å². The van der Waals surface area contributed by atoms with Gasteiger partial charge < -0.3 is 13.6 Å². The molecule has 0 unspecified atom stereocenters. The normalized spacial score (nSPS) is 11.8. The van der Waals surface area contributed by atoms with Crippen LogP contribution in [0.4, 0.5) is 0 Å². The molecular weight excluding hydrogens is 771 g/mol. The van der Waals surface area contributed by atoms with E-state index in [4.69, 9.17) is 19.4 Å². The van der Waals surface area contributed by atoms with E-state index in [-0.39, 0.29) is 0 Å². The minimum absolute atomic E-state index is 0.584. The molecule has 0 bridgehead atoms. The third-order valence-electron chi connectivity index (χ3n) is 12.4. The molecule has 9 aromatic carbocycles. The highest BCUT2D eigenvalue weighted by Gasteiger charge is 2.23. The van der Waals surface area contributed by atoms with Gasteiger partial charge in [-0.2, -0.15) is 0 Å². The smallest absolute Gasteiger partial charge is 0.164 e. The minimum Gasteiger partial charge on any atom is -0.454 e. The quantitative estimate of drug-likeness (QED) is 0.168. The molecule has 0 fully saturated rings. The molecule has 4 heterocycles. The number of hydrogen-bond acceptors (Lipinski definition) is 4. The van der Waals surface area contributed by atoms with Crippen molar-refractivity contribution < 1.29 is 4.42 Å². The van der Waals surface area contributed by atoms with Crippen molar-refractivity contribution in [1.29, 1.82) is 0 Å². The van der Waals surface area contributed by atoms with Crippen LogP contribution in [0, 0.1) is 0 Å². The molecule has 13 aromatic rings. The Labute approximate surface area is 361 Å². The molecule has 0 amide bonds. The summed E-state index contributed by atoms with van der Waals surface area (Å²) in [6.07, 6.45) is 0. The van der Waals surface area contributed by atoms with Crippen LogP contribution < -0.4 is 0 Å².